The van der Waals surface area contributed by atoms with Crippen molar-refractivity contribution in [3.05, 3.63) is 83.9 Å². The summed E-state index contributed by atoms with van der Waals surface area (Å²) in [4.78, 5) is 29.4. The van der Waals surface area contributed by atoms with Crippen LogP contribution in [0.3, 0.4) is 0 Å². The van der Waals surface area contributed by atoms with Gasteiger partial charge in [0.1, 0.15) is 11.5 Å². The number of hydrogen-bond donors (Lipinski definition) is 1. The van der Waals surface area contributed by atoms with Gasteiger partial charge in [0.15, 0.2) is 6.61 Å². The van der Waals surface area contributed by atoms with Gasteiger partial charge in [-0.15, -0.1) is 0 Å². The van der Waals surface area contributed by atoms with Crippen LogP contribution >= 0.6 is 0 Å². The SMILES string of the molecule is COc1cccc(NC(=O)COc2ccc(C(=O)N3CCCN(c4ccc(C#N)cc4)CC3)cc2)c1. The van der Waals surface area contributed by atoms with E-state index in [2.05, 4.69) is 16.3 Å². The van der Waals surface area contributed by atoms with E-state index >= 15 is 0 Å². The average molecular weight is 485 g/mol. The van der Waals surface area contributed by atoms with Crippen molar-refractivity contribution >= 4 is 23.2 Å². The number of rotatable bonds is 7. The van der Waals surface area contributed by atoms with E-state index in [0.29, 0.717) is 41.4 Å². The van der Waals surface area contributed by atoms with Crippen molar-refractivity contribution in [2.45, 2.75) is 6.42 Å². The molecule has 0 bridgehead atoms. The lowest BCUT2D eigenvalue weighted by atomic mass is 10.2. The van der Waals surface area contributed by atoms with Gasteiger partial charge in [0.2, 0.25) is 0 Å². The van der Waals surface area contributed by atoms with Crippen LogP contribution in [0.1, 0.15) is 22.3 Å². The van der Waals surface area contributed by atoms with Gasteiger partial charge in [-0.3, -0.25) is 9.59 Å². The molecule has 1 aliphatic heterocycles. The molecular formula is C28H28N4O4. The molecule has 0 unspecified atom stereocenters. The van der Waals surface area contributed by atoms with Gasteiger partial charge in [0.05, 0.1) is 18.7 Å². The molecule has 1 fully saturated rings. The summed E-state index contributed by atoms with van der Waals surface area (Å²) in [7, 11) is 1.57. The second-order valence-corrected chi connectivity index (χ2v) is 8.38. The number of ether oxygens (including phenoxy) is 2. The lowest BCUT2D eigenvalue weighted by molar-refractivity contribution is -0.118. The third kappa shape index (κ3) is 6.33. The number of carbonyl (C=O) groups excluding carboxylic acids is 2. The molecule has 0 radical (unpaired) electrons. The zero-order valence-electron chi connectivity index (χ0n) is 20.1. The molecule has 1 heterocycles. The van der Waals surface area contributed by atoms with E-state index in [0.717, 1.165) is 25.2 Å². The molecule has 0 aliphatic carbocycles. The summed E-state index contributed by atoms with van der Waals surface area (Å²) in [5.74, 6) is 0.842. The summed E-state index contributed by atoms with van der Waals surface area (Å²) in [6.45, 7) is 2.71. The minimum absolute atomic E-state index is 0.0287. The summed E-state index contributed by atoms with van der Waals surface area (Å²) in [6, 6.07) is 23.6. The molecule has 1 aliphatic rings. The maximum Gasteiger partial charge on any atom is 0.262 e. The summed E-state index contributed by atoms with van der Waals surface area (Å²) < 4.78 is 10.7. The zero-order valence-corrected chi connectivity index (χ0v) is 20.1. The number of nitrogens with zero attached hydrogens (tertiary/aromatic N) is 3. The summed E-state index contributed by atoms with van der Waals surface area (Å²) in [5.41, 5.74) is 2.89. The molecule has 0 atom stereocenters. The van der Waals surface area contributed by atoms with Crippen LogP contribution in [0.4, 0.5) is 11.4 Å². The smallest absolute Gasteiger partial charge is 0.262 e. The van der Waals surface area contributed by atoms with E-state index in [9.17, 15) is 9.59 Å². The fourth-order valence-corrected chi connectivity index (χ4v) is 4.05. The van der Waals surface area contributed by atoms with Crippen LogP contribution in [-0.2, 0) is 4.79 Å². The number of amides is 2. The third-order valence-electron chi connectivity index (χ3n) is 5.97. The highest BCUT2D eigenvalue weighted by Gasteiger charge is 2.20. The van der Waals surface area contributed by atoms with E-state index in [-0.39, 0.29) is 18.4 Å². The number of nitrogens with one attached hydrogen (secondary N) is 1. The molecule has 2 amide bonds. The lowest BCUT2D eigenvalue weighted by Crippen LogP contribution is -2.35. The van der Waals surface area contributed by atoms with Crippen LogP contribution in [0.5, 0.6) is 11.5 Å². The Kier molecular flexibility index (Phi) is 8.04. The first kappa shape index (κ1) is 24.6. The Bertz CT molecular complexity index is 1240. The molecule has 3 aromatic rings. The van der Waals surface area contributed by atoms with Crippen molar-refractivity contribution in [1.29, 1.82) is 5.26 Å². The van der Waals surface area contributed by atoms with Crippen LogP contribution in [0, 0.1) is 11.3 Å². The van der Waals surface area contributed by atoms with Crippen molar-refractivity contribution in [2.75, 3.05) is 50.1 Å². The van der Waals surface area contributed by atoms with Crippen molar-refractivity contribution in [2.24, 2.45) is 0 Å². The quantitative estimate of drug-likeness (QED) is 0.546. The van der Waals surface area contributed by atoms with Crippen LogP contribution in [0.2, 0.25) is 0 Å². The average Bonchev–Trinajstić information content (AvgIpc) is 3.18. The Morgan fingerprint density at radius 1 is 0.944 bits per heavy atom. The number of nitriles is 1. The Hall–Kier alpha value is -4.51. The standard InChI is InChI=1S/C28H28N4O4/c1-35-26-5-2-4-23(18-26)30-27(33)20-36-25-12-8-22(9-13-25)28(34)32-15-3-14-31(16-17-32)24-10-6-21(19-29)7-11-24/h2,4-13,18H,3,14-17,20H2,1H3,(H,30,33). The molecule has 0 saturated carbocycles. The Morgan fingerprint density at radius 2 is 1.72 bits per heavy atom. The monoisotopic (exact) mass is 484 g/mol. The largest absolute Gasteiger partial charge is 0.497 e. The summed E-state index contributed by atoms with van der Waals surface area (Å²) in [6.07, 6.45) is 0.856. The molecule has 0 spiro atoms. The van der Waals surface area contributed by atoms with E-state index in [1.54, 1.807) is 55.6 Å². The molecule has 4 rings (SSSR count). The first-order valence-corrected chi connectivity index (χ1v) is 11.8. The molecule has 8 heteroatoms. The van der Waals surface area contributed by atoms with E-state index in [1.165, 1.54) is 0 Å². The fraction of sp³-hybridized carbons (Fsp3) is 0.250. The van der Waals surface area contributed by atoms with Gasteiger partial charge in [-0.25, -0.2) is 0 Å². The number of carbonyl (C=O) groups is 2. The van der Waals surface area contributed by atoms with Gasteiger partial charge in [-0.2, -0.15) is 5.26 Å². The molecule has 1 N–H and O–H groups in total. The number of hydrogen-bond acceptors (Lipinski definition) is 6. The highest BCUT2D eigenvalue weighted by molar-refractivity contribution is 5.94. The topological polar surface area (TPSA) is 94.9 Å². The number of anilines is 2. The molecule has 184 valence electrons. The van der Waals surface area contributed by atoms with Crippen LogP contribution in [-0.4, -0.2) is 56.6 Å². The highest BCUT2D eigenvalue weighted by atomic mass is 16.5. The van der Waals surface area contributed by atoms with E-state index < -0.39 is 0 Å². The van der Waals surface area contributed by atoms with Crippen molar-refractivity contribution in [3.63, 3.8) is 0 Å². The Balaban J connectivity index is 1.28. The number of methoxy groups -OCH3 is 1. The maximum atomic E-state index is 13.1. The molecule has 3 aromatic carbocycles. The molecule has 1 saturated heterocycles. The van der Waals surface area contributed by atoms with E-state index in [1.807, 2.05) is 29.2 Å². The normalized spacial score (nSPS) is 13.3. The van der Waals surface area contributed by atoms with Gasteiger partial charge in [0.25, 0.3) is 11.8 Å². The summed E-state index contributed by atoms with van der Waals surface area (Å²) in [5, 5.41) is 11.8. The second kappa shape index (κ2) is 11.8. The number of benzene rings is 3. The highest BCUT2D eigenvalue weighted by Crippen LogP contribution is 2.20. The first-order chi connectivity index (χ1) is 17.6. The fourth-order valence-electron chi connectivity index (χ4n) is 4.05. The van der Waals surface area contributed by atoms with Crippen molar-refractivity contribution in [1.82, 2.24) is 4.90 Å². The predicted octanol–water partition coefficient (Wildman–Crippen LogP) is 3.94. The maximum absolute atomic E-state index is 13.1. The van der Waals surface area contributed by atoms with Gasteiger partial charge >= 0.3 is 0 Å². The zero-order chi connectivity index (χ0) is 25.3. The van der Waals surface area contributed by atoms with Gasteiger partial charge in [-0.1, -0.05) is 6.07 Å². The first-order valence-electron chi connectivity index (χ1n) is 11.8. The van der Waals surface area contributed by atoms with E-state index in [4.69, 9.17) is 14.7 Å². The Morgan fingerprint density at radius 3 is 2.44 bits per heavy atom. The molecule has 36 heavy (non-hydrogen) atoms. The minimum Gasteiger partial charge on any atom is -0.497 e. The molecule has 8 nitrogen and oxygen atoms in total. The van der Waals surface area contributed by atoms with Gasteiger partial charge in [0, 0.05) is 49.2 Å². The molecule has 0 aromatic heterocycles. The summed E-state index contributed by atoms with van der Waals surface area (Å²) >= 11 is 0. The molecular weight excluding hydrogens is 456 g/mol. The Labute approximate surface area is 210 Å². The lowest BCUT2D eigenvalue weighted by Gasteiger charge is -2.24. The van der Waals surface area contributed by atoms with Gasteiger partial charge < -0.3 is 24.6 Å². The third-order valence-corrected chi connectivity index (χ3v) is 5.97. The van der Waals surface area contributed by atoms with Crippen molar-refractivity contribution < 1.29 is 19.1 Å². The van der Waals surface area contributed by atoms with Crippen LogP contribution in [0.15, 0.2) is 72.8 Å². The predicted molar refractivity (Wildman–Crippen MR) is 137 cm³/mol. The van der Waals surface area contributed by atoms with Gasteiger partial charge in [-0.05, 0) is 67.1 Å². The van der Waals surface area contributed by atoms with Crippen LogP contribution in [0.25, 0.3) is 0 Å². The van der Waals surface area contributed by atoms with Crippen molar-refractivity contribution in [3.8, 4) is 17.6 Å². The van der Waals surface area contributed by atoms with Crippen LogP contribution < -0.4 is 19.7 Å². The second-order valence-electron chi connectivity index (χ2n) is 8.38. The minimum atomic E-state index is -0.292.